The summed E-state index contributed by atoms with van der Waals surface area (Å²) < 4.78 is 0. The minimum atomic E-state index is 0.853. The molecule has 0 saturated heterocycles. The highest BCUT2D eigenvalue weighted by molar-refractivity contribution is 7.13. The summed E-state index contributed by atoms with van der Waals surface area (Å²) in [5, 5.41) is 3.22. The van der Waals surface area contributed by atoms with Gasteiger partial charge in [-0.2, -0.15) is 0 Å². The Morgan fingerprint density at radius 1 is 0.833 bits per heavy atom. The van der Waals surface area contributed by atoms with Crippen molar-refractivity contribution >= 4 is 33.3 Å². The Bertz CT molecular complexity index is 1160. The first-order valence-corrected chi connectivity index (χ1v) is 8.64. The number of aromatic amines is 1. The molecule has 0 bridgehead atoms. The number of imidazole rings is 1. The Hall–Kier alpha value is -2.98. The largest absolute Gasteiger partial charge is 0.338 e. The van der Waals surface area contributed by atoms with E-state index in [9.17, 15) is 0 Å². The molecule has 0 radical (unpaired) electrons. The van der Waals surface area contributed by atoms with Crippen molar-refractivity contribution in [2.45, 2.75) is 0 Å². The number of nitrogens with one attached hydrogen (secondary N) is 1. The van der Waals surface area contributed by atoms with Gasteiger partial charge in [0.15, 0.2) is 0 Å². The van der Waals surface area contributed by atoms with Crippen LogP contribution in [0, 0.1) is 0 Å². The van der Waals surface area contributed by atoms with Crippen molar-refractivity contribution in [2.75, 3.05) is 0 Å². The second kappa shape index (κ2) is 5.28. The van der Waals surface area contributed by atoms with E-state index in [1.165, 1.54) is 10.4 Å². The summed E-state index contributed by atoms with van der Waals surface area (Å²) >= 11 is 1.74. The number of aromatic nitrogens is 3. The molecule has 24 heavy (non-hydrogen) atoms. The van der Waals surface area contributed by atoms with Gasteiger partial charge in [-0.3, -0.25) is 4.98 Å². The Labute approximate surface area is 142 Å². The second-order valence-corrected chi connectivity index (χ2v) is 6.66. The topological polar surface area (TPSA) is 41.6 Å². The van der Waals surface area contributed by atoms with Gasteiger partial charge in [0, 0.05) is 22.0 Å². The molecule has 0 saturated carbocycles. The van der Waals surface area contributed by atoms with E-state index in [2.05, 4.69) is 57.8 Å². The molecular formula is C20H13N3S. The summed E-state index contributed by atoms with van der Waals surface area (Å²) in [4.78, 5) is 13.9. The Morgan fingerprint density at radius 3 is 2.71 bits per heavy atom. The van der Waals surface area contributed by atoms with Gasteiger partial charge in [0.2, 0.25) is 0 Å². The van der Waals surface area contributed by atoms with Crippen molar-refractivity contribution < 1.29 is 0 Å². The molecule has 114 valence electrons. The van der Waals surface area contributed by atoms with Crippen molar-refractivity contribution in [1.29, 1.82) is 0 Å². The van der Waals surface area contributed by atoms with E-state index in [0.717, 1.165) is 33.3 Å². The van der Waals surface area contributed by atoms with Crippen molar-refractivity contribution in [3.05, 3.63) is 72.2 Å². The summed E-state index contributed by atoms with van der Waals surface area (Å²) in [6, 6.07) is 20.8. The molecule has 5 aromatic rings. The van der Waals surface area contributed by atoms with E-state index in [1.807, 2.05) is 24.4 Å². The first-order valence-electron chi connectivity index (χ1n) is 7.76. The standard InChI is InChI=1S/C20H13N3S/c1-2-5-16-13(4-1)10-15(12-21-16)20-22-17-8-7-14(11-18(17)23-20)19-6-3-9-24-19/h1-12H,(H,22,23). The second-order valence-electron chi connectivity index (χ2n) is 5.71. The molecule has 4 heteroatoms. The molecule has 0 atom stereocenters. The predicted octanol–water partition coefficient (Wildman–Crippen LogP) is 5.51. The predicted molar refractivity (Wildman–Crippen MR) is 100 cm³/mol. The van der Waals surface area contributed by atoms with Crippen LogP contribution in [0.2, 0.25) is 0 Å². The Kier molecular flexibility index (Phi) is 2.96. The maximum absolute atomic E-state index is 4.72. The fourth-order valence-electron chi connectivity index (χ4n) is 2.94. The molecule has 3 nitrogen and oxygen atoms in total. The molecule has 3 heterocycles. The molecule has 5 rings (SSSR count). The number of hydrogen-bond acceptors (Lipinski definition) is 3. The van der Waals surface area contributed by atoms with Crippen LogP contribution >= 0.6 is 11.3 Å². The van der Waals surface area contributed by atoms with Crippen molar-refractivity contribution in [3.63, 3.8) is 0 Å². The molecule has 0 aliphatic carbocycles. The van der Waals surface area contributed by atoms with Gasteiger partial charge in [0.05, 0.1) is 16.6 Å². The van der Waals surface area contributed by atoms with Crippen LogP contribution in [-0.2, 0) is 0 Å². The zero-order valence-electron chi connectivity index (χ0n) is 12.7. The van der Waals surface area contributed by atoms with Crippen LogP contribution in [0.4, 0.5) is 0 Å². The number of thiophene rings is 1. The fourth-order valence-corrected chi connectivity index (χ4v) is 3.67. The number of benzene rings is 2. The smallest absolute Gasteiger partial charge is 0.140 e. The SMILES string of the molecule is c1csc(-c2ccc3nc(-c4cnc5ccccc5c4)[nH]c3c2)c1. The third-order valence-corrected chi connectivity index (χ3v) is 5.07. The van der Waals surface area contributed by atoms with Gasteiger partial charge < -0.3 is 4.98 Å². The van der Waals surface area contributed by atoms with E-state index in [-0.39, 0.29) is 0 Å². The lowest BCUT2D eigenvalue weighted by molar-refractivity contribution is 1.31. The van der Waals surface area contributed by atoms with E-state index in [1.54, 1.807) is 11.3 Å². The van der Waals surface area contributed by atoms with Crippen LogP contribution in [0.15, 0.2) is 72.2 Å². The number of pyridine rings is 1. The van der Waals surface area contributed by atoms with E-state index in [0.29, 0.717) is 0 Å². The first-order chi connectivity index (χ1) is 11.9. The van der Waals surface area contributed by atoms with Gasteiger partial charge in [0.1, 0.15) is 5.82 Å². The van der Waals surface area contributed by atoms with Crippen molar-refractivity contribution in [1.82, 2.24) is 15.0 Å². The minimum absolute atomic E-state index is 0.853. The molecular weight excluding hydrogens is 314 g/mol. The molecule has 0 amide bonds. The maximum Gasteiger partial charge on any atom is 0.140 e. The molecule has 0 aliphatic rings. The van der Waals surface area contributed by atoms with Gasteiger partial charge in [-0.25, -0.2) is 4.98 Å². The minimum Gasteiger partial charge on any atom is -0.338 e. The number of H-pyrrole nitrogens is 1. The van der Waals surface area contributed by atoms with Crippen LogP contribution in [0.3, 0.4) is 0 Å². The summed E-state index contributed by atoms with van der Waals surface area (Å²) in [5.74, 6) is 0.853. The lowest BCUT2D eigenvalue weighted by Crippen LogP contribution is -1.84. The van der Waals surface area contributed by atoms with Gasteiger partial charge in [0.25, 0.3) is 0 Å². The highest BCUT2D eigenvalue weighted by Gasteiger charge is 2.08. The zero-order chi connectivity index (χ0) is 15.9. The van der Waals surface area contributed by atoms with Crippen LogP contribution in [0.1, 0.15) is 0 Å². The van der Waals surface area contributed by atoms with E-state index < -0.39 is 0 Å². The van der Waals surface area contributed by atoms with Gasteiger partial charge in [-0.15, -0.1) is 11.3 Å². The summed E-state index contributed by atoms with van der Waals surface area (Å²) in [7, 11) is 0. The number of rotatable bonds is 2. The molecule has 1 N–H and O–H groups in total. The van der Waals surface area contributed by atoms with Gasteiger partial charge in [-0.05, 0) is 41.3 Å². The third kappa shape index (κ3) is 2.20. The summed E-state index contributed by atoms with van der Waals surface area (Å²) in [6.07, 6.45) is 1.88. The van der Waals surface area contributed by atoms with Gasteiger partial charge >= 0.3 is 0 Å². The summed E-state index contributed by atoms with van der Waals surface area (Å²) in [5.41, 5.74) is 5.23. The number of para-hydroxylation sites is 1. The van der Waals surface area contributed by atoms with E-state index >= 15 is 0 Å². The molecule has 3 aromatic heterocycles. The van der Waals surface area contributed by atoms with E-state index in [4.69, 9.17) is 4.98 Å². The average molecular weight is 327 g/mol. The van der Waals surface area contributed by atoms with Crippen LogP contribution in [0.25, 0.3) is 43.8 Å². The highest BCUT2D eigenvalue weighted by atomic mass is 32.1. The quantitative estimate of drug-likeness (QED) is 0.465. The number of hydrogen-bond donors (Lipinski definition) is 1. The molecule has 0 fully saturated rings. The van der Waals surface area contributed by atoms with Crippen LogP contribution in [-0.4, -0.2) is 15.0 Å². The third-order valence-electron chi connectivity index (χ3n) is 4.15. The summed E-state index contributed by atoms with van der Waals surface area (Å²) in [6.45, 7) is 0. The Balaban J connectivity index is 1.63. The van der Waals surface area contributed by atoms with Crippen molar-refractivity contribution in [2.24, 2.45) is 0 Å². The molecule has 0 aliphatic heterocycles. The number of nitrogens with zero attached hydrogens (tertiary/aromatic N) is 2. The molecule has 0 spiro atoms. The van der Waals surface area contributed by atoms with Gasteiger partial charge in [-0.1, -0.05) is 30.3 Å². The Morgan fingerprint density at radius 2 is 1.79 bits per heavy atom. The first kappa shape index (κ1) is 13.5. The maximum atomic E-state index is 4.72. The average Bonchev–Trinajstić information content (AvgIpc) is 3.30. The fraction of sp³-hybridized carbons (Fsp3) is 0. The molecule has 0 unspecified atom stereocenters. The number of fused-ring (bicyclic) bond motifs is 2. The normalized spacial score (nSPS) is 11.3. The highest BCUT2D eigenvalue weighted by Crippen LogP contribution is 2.29. The van der Waals surface area contributed by atoms with Crippen molar-refractivity contribution in [3.8, 4) is 21.8 Å². The zero-order valence-corrected chi connectivity index (χ0v) is 13.5. The lowest BCUT2D eigenvalue weighted by Gasteiger charge is -1.99. The van der Waals surface area contributed by atoms with Crippen LogP contribution < -0.4 is 0 Å². The molecule has 2 aromatic carbocycles. The lowest BCUT2D eigenvalue weighted by atomic mass is 10.1. The monoisotopic (exact) mass is 327 g/mol. The van der Waals surface area contributed by atoms with Crippen LogP contribution in [0.5, 0.6) is 0 Å².